The standard InChI is InChI=1S/C12H15ClN2O4S/c1-7-11(2-3-19-7)15-12(16)8-4-9(13)6-10(5-8)20(14,17)18/h4-7,11H,2-3H2,1H3,(H,15,16)(H2,14,17,18). The van der Waals surface area contributed by atoms with Crippen molar-refractivity contribution >= 4 is 27.5 Å². The first-order valence-corrected chi connectivity index (χ1v) is 7.95. The van der Waals surface area contributed by atoms with E-state index < -0.39 is 15.9 Å². The van der Waals surface area contributed by atoms with Gasteiger partial charge in [-0.05, 0) is 31.5 Å². The smallest absolute Gasteiger partial charge is 0.251 e. The second kappa shape index (κ2) is 5.69. The average molecular weight is 319 g/mol. The summed E-state index contributed by atoms with van der Waals surface area (Å²) in [6.07, 6.45) is 0.644. The molecule has 1 amide bonds. The Labute approximate surface area is 122 Å². The predicted octanol–water partition coefficient (Wildman–Crippen LogP) is 0.895. The Morgan fingerprint density at radius 1 is 1.45 bits per heavy atom. The van der Waals surface area contributed by atoms with Gasteiger partial charge in [0.15, 0.2) is 0 Å². The Balaban J connectivity index is 2.24. The van der Waals surface area contributed by atoms with Crippen LogP contribution in [0.3, 0.4) is 0 Å². The summed E-state index contributed by atoms with van der Waals surface area (Å²) in [5.41, 5.74) is 0.153. The Hall–Kier alpha value is -1.15. The molecule has 0 radical (unpaired) electrons. The molecule has 0 saturated carbocycles. The largest absolute Gasteiger partial charge is 0.376 e. The molecule has 0 bridgehead atoms. The molecular weight excluding hydrogens is 304 g/mol. The van der Waals surface area contributed by atoms with E-state index in [0.29, 0.717) is 6.61 Å². The van der Waals surface area contributed by atoms with E-state index in [4.69, 9.17) is 21.5 Å². The van der Waals surface area contributed by atoms with Gasteiger partial charge in [0.1, 0.15) is 0 Å². The van der Waals surface area contributed by atoms with Gasteiger partial charge in [-0.15, -0.1) is 0 Å². The molecule has 6 nitrogen and oxygen atoms in total. The molecule has 1 aromatic carbocycles. The molecule has 0 spiro atoms. The van der Waals surface area contributed by atoms with Gasteiger partial charge in [0.2, 0.25) is 10.0 Å². The number of amides is 1. The van der Waals surface area contributed by atoms with Gasteiger partial charge >= 0.3 is 0 Å². The van der Waals surface area contributed by atoms with Gasteiger partial charge in [-0.3, -0.25) is 4.79 Å². The van der Waals surface area contributed by atoms with Crippen LogP contribution < -0.4 is 10.5 Å². The highest BCUT2D eigenvalue weighted by molar-refractivity contribution is 7.89. The van der Waals surface area contributed by atoms with E-state index in [2.05, 4.69) is 5.32 Å². The van der Waals surface area contributed by atoms with Crippen molar-refractivity contribution in [2.75, 3.05) is 6.61 Å². The minimum atomic E-state index is -3.91. The number of hydrogen-bond acceptors (Lipinski definition) is 4. The Kier molecular flexibility index (Phi) is 4.33. The quantitative estimate of drug-likeness (QED) is 0.864. The molecule has 0 aromatic heterocycles. The van der Waals surface area contributed by atoms with E-state index in [1.807, 2.05) is 6.92 Å². The van der Waals surface area contributed by atoms with Gasteiger partial charge in [-0.1, -0.05) is 11.6 Å². The summed E-state index contributed by atoms with van der Waals surface area (Å²) in [4.78, 5) is 11.9. The monoisotopic (exact) mass is 318 g/mol. The third kappa shape index (κ3) is 3.49. The van der Waals surface area contributed by atoms with Crippen molar-refractivity contribution in [1.29, 1.82) is 0 Å². The second-order valence-corrected chi connectivity index (χ2v) is 6.66. The summed E-state index contributed by atoms with van der Waals surface area (Å²) in [5, 5.41) is 7.97. The van der Waals surface area contributed by atoms with Crippen molar-refractivity contribution in [3.63, 3.8) is 0 Å². The third-order valence-electron chi connectivity index (χ3n) is 3.15. The Morgan fingerprint density at radius 3 is 2.70 bits per heavy atom. The maximum absolute atomic E-state index is 12.1. The molecule has 1 aliphatic rings. The maximum atomic E-state index is 12.1. The van der Waals surface area contributed by atoms with E-state index in [1.54, 1.807) is 0 Å². The van der Waals surface area contributed by atoms with Crippen LogP contribution in [0.15, 0.2) is 23.1 Å². The van der Waals surface area contributed by atoms with Gasteiger partial charge < -0.3 is 10.1 Å². The van der Waals surface area contributed by atoms with E-state index >= 15 is 0 Å². The third-order valence-corrected chi connectivity index (χ3v) is 4.27. The first kappa shape index (κ1) is 15.2. The summed E-state index contributed by atoms with van der Waals surface area (Å²) >= 11 is 5.82. The van der Waals surface area contributed by atoms with Crippen LogP contribution in [-0.2, 0) is 14.8 Å². The predicted molar refractivity (Wildman–Crippen MR) is 74.1 cm³/mol. The zero-order chi connectivity index (χ0) is 14.9. The second-order valence-electron chi connectivity index (χ2n) is 4.67. The SMILES string of the molecule is CC1OCCC1NC(=O)c1cc(Cl)cc(S(N)(=O)=O)c1. The Morgan fingerprint density at radius 2 is 2.15 bits per heavy atom. The van der Waals surface area contributed by atoms with Crippen LogP contribution in [0.1, 0.15) is 23.7 Å². The average Bonchev–Trinajstić information content (AvgIpc) is 2.73. The molecule has 3 N–H and O–H groups in total. The zero-order valence-corrected chi connectivity index (χ0v) is 12.4. The topological polar surface area (TPSA) is 98.5 Å². The number of sulfonamides is 1. The van der Waals surface area contributed by atoms with E-state index in [1.165, 1.54) is 18.2 Å². The molecule has 1 aromatic rings. The van der Waals surface area contributed by atoms with Gasteiger partial charge in [0.05, 0.1) is 17.0 Å². The number of nitrogens with two attached hydrogens (primary N) is 1. The number of halogens is 1. The molecule has 2 unspecified atom stereocenters. The minimum Gasteiger partial charge on any atom is -0.376 e. The van der Waals surface area contributed by atoms with Crippen LogP contribution >= 0.6 is 11.6 Å². The summed E-state index contributed by atoms with van der Waals surface area (Å²) in [7, 11) is -3.91. The van der Waals surface area contributed by atoms with E-state index in [0.717, 1.165) is 6.42 Å². The van der Waals surface area contributed by atoms with Crippen molar-refractivity contribution in [2.24, 2.45) is 5.14 Å². The molecule has 1 heterocycles. The summed E-state index contributed by atoms with van der Waals surface area (Å²) < 4.78 is 28.0. The van der Waals surface area contributed by atoms with Gasteiger partial charge in [-0.2, -0.15) is 0 Å². The lowest BCUT2D eigenvalue weighted by Gasteiger charge is -2.16. The van der Waals surface area contributed by atoms with Gasteiger partial charge in [0, 0.05) is 17.2 Å². The van der Waals surface area contributed by atoms with Crippen LogP contribution in [0.4, 0.5) is 0 Å². The normalized spacial score (nSPS) is 22.8. The lowest BCUT2D eigenvalue weighted by Crippen LogP contribution is -2.39. The van der Waals surface area contributed by atoms with Crippen LogP contribution in [-0.4, -0.2) is 33.1 Å². The maximum Gasteiger partial charge on any atom is 0.251 e. The Bertz CT molecular complexity index is 632. The molecule has 110 valence electrons. The lowest BCUT2D eigenvalue weighted by atomic mass is 10.1. The number of ether oxygens (including phenoxy) is 1. The highest BCUT2D eigenvalue weighted by Crippen LogP contribution is 2.19. The molecule has 1 fully saturated rings. The summed E-state index contributed by atoms with van der Waals surface area (Å²) in [6, 6.07) is 3.71. The minimum absolute atomic E-state index is 0.0733. The fourth-order valence-electron chi connectivity index (χ4n) is 2.03. The van der Waals surface area contributed by atoms with Crippen LogP contribution in [0, 0.1) is 0 Å². The lowest BCUT2D eigenvalue weighted by molar-refractivity contribution is 0.0866. The molecule has 20 heavy (non-hydrogen) atoms. The van der Waals surface area contributed by atoms with Gasteiger partial charge in [-0.25, -0.2) is 13.6 Å². The number of nitrogens with one attached hydrogen (secondary N) is 1. The molecule has 8 heteroatoms. The highest BCUT2D eigenvalue weighted by Gasteiger charge is 2.26. The van der Waals surface area contributed by atoms with Gasteiger partial charge in [0.25, 0.3) is 5.91 Å². The van der Waals surface area contributed by atoms with Crippen molar-refractivity contribution in [2.45, 2.75) is 30.4 Å². The molecule has 2 rings (SSSR count). The first-order chi connectivity index (χ1) is 9.27. The van der Waals surface area contributed by atoms with Crippen LogP contribution in [0.5, 0.6) is 0 Å². The summed E-state index contributed by atoms with van der Waals surface area (Å²) in [5.74, 6) is -0.403. The number of rotatable bonds is 3. The molecule has 1 aliphatic heterocycles. The van der Waals surface area contributed by atoms with Crippen molar-refractivity contribution in [3.05, 3.63) is 28.8 Å². The number of hydrogen-bond donors (Lipinski definition) is 2. The zero-order valence-electron chi connectivity index (χ0n) is 10.8. The van der Waals surface area contributed by atoms with Crippen molar-refractivity contribution in [1.82, 2.24) is 5.32 Å². The number of benzene rings is 1. The number of primary sulfonamides is 1. The highest BCUT2D eigenvalue weighted by atomic mass is 35.5. The number of carbonyl (C=O) groups excluding carboxylic acids is 1. The summed E-state index contributed by atoms with van der Waals surface area (Å²) in [6.45, 7) is 2.45. The van der Waals surface area contributed by atoms with E-state index in [9.17, 15) is 13.2 Å². The molecule has 1 saturated heterocycles. The number of carbonyl (C=O) groups is 1. The van der Waals surface area contributed by atoms with Crippen molar-refractivity contribution in [3.8, 4) is 0 Å². The fourth-order valence-corrected chi connectivity index (χ4v) is 2.91. The first-order valence-electron chi connectivity index (χ1n) is 6.03. The molecular formula is C12H15ClN2O4S. The van der Waals surface area contributed by atoms with Crippen molar-refractivity contribution < 1.29 is 17.9 Å². The molecule has 2 atom stereocenters. The van der Waals surface area contributed by atoms with Crippen LogP contribution in [0.25, 0.3) is 0 Å². The molecule has 0 aliphatic carbocycles. The fraction of sp³-hybridized carbons (Fsp3) is 0.417. The van der Waals surface area contributed by atoms with E-state index in [-0.39, 0.29) is 27.6 Å². The van der Waals surface area contributed by atoms with Crippen LogP contribution in [0.2, 0.25) is 5.02 Å².